The molecule has 1 rings (SSSR count). The van der Waals surface area contributed by atoms with E-state index in [1.807, 2.05) is 0 Å². The average Bonchev–Trinajstić information content (AvgIpc) is 2.16. The van der Waals surface area contributed by atoms with E-state index in [1.165, 1.54) is 32.0 Å². The van der Waals surface area contributed by atoms with Crippen molar-refractivity contribution in [1.29, 1.82) is 0 Å². The minimum Gasteiger partial charge on any atom is -0.299 e. The zero-order valence-electron chi connectivity index (χ0n) is 7.99. The molecule has 0 aromatic heterocycles. The number of hydrogen-bond donors (Lipinski definition) is 0. The zero-order chi connectivity index (χ0) is 10.7. The van der Waals surface area contributed by atoms with Crippen molar-refractivity contribution in [3.8, 4) is 0 Å². The van der Waals surface area contributed by atoms with Gasteiger partial charge in [-0.2, -0.15) is 0 Å². The first-order valence-corrected chi connectivity index (χ1v) is 5.41. The molecule has 0 bridgehead atoms. The molecule has 2 unspecified atom stereocenters. The molecule has 0 aliphatic carbocycles. The van der Waals surface area contributed by atoms with E-state index in [2.05, 4.69) is 0 Å². The molecule has 0 saturated carbocycles. The highest BCUT2D eigenvalue weighted by Gasteiger charge is 2.19. The summed E-state index contributed by atoms with van der Waals surface area (Å²) in [4.78, 5) is 11.0. The standard InChI is InChI=1S/C10H11FO2S/c1-7(12)8(2)14(13)10-6-4-3-5-9(10)11/h3-6,8H,1-2H3. The highest BCUT2D eigenvalue weighted by atomic mass is 32.2. The Kier molecular flexibility index (Phi) is 3.52. The number of halogens is 1. The molecule has 0 fully saturated rings. The first kappa shape index (κ1) is 11.0. The van der Waals surface area contributed by atoms with Crippen LogP contribution in [0.5, 0.6) is 0 Å². The summed E-state index contributed by atoms with van der Waals surface area (Å²) in [5.74, 6) is -0.731. The van der Waals surface area contributed by atoms with Crippen LogP contribution in [-0.4, -0.2) is 15.2 Å². The molecule has 1 aromatic rings. The van der Waals surface area contributed by atoms with Gasteiger partial charge in [0.05, 0.1) is 20.9 Å². The van der Waals surface area contributed by atoms with Crippen LogP contribution in [0, 0.1) is 5.82 Å². The first-order chi connectivity index (χ1) is 6.54. The molecule has 14 heavy (non-hydrogen) atoms. The average molecular weight is 214 g/mol. The summed E-state index contributed by atoms with van der Waals surface area (Å²) >= 11 is 0. The molecule has 0 N–H and O–H groups in total. The van der Waals surface area contributed by atoms with Crippen LogP contribution in [0.3, 0.4) is 0 Å². The minimum atomic E-state index is -1.59. The molecule has 1 aromatic carbocycles. The van der Waals surface area contributed by atoms with Gasteiger partial charge >= 0.3 is 0 Å². The summed E-state index contributed by atoms with van der Waals surface area (Å²) in [7, 11) is -1.59. The van der Waals surface area contributed by atoms with E-state index in [9.17, 15) is 13.4 Å². The molecule has 0 radical (unpaired) electrons. The molecule has 0 saturated heterocycles. The van der Waals surface area contributed by atoms with Crippen LogP contribution in [0.4, 0.5) is 4.39 Å². The van der Waals surface area contributed by atoms with Gasteiger partial charge in [-0.1, -0.05) is 12.1 Å². The van der Waals surface area contributed by atoms with Gasteiger partial charge in [-0.3, -0.25) is 9.00 Å². The Labute approximate surface area is 84.6 Å². The Morgan fingerprint density at radius 1 is 1.43 bits per heavy atom. The highest BCUT2D eigenvalue weighted by Crippen LogP contribution is 2.15. The van der Waals surface area contributed by atoms with Crippen molar-refractivity contribution in [3.05, 3.63) is 30.1 Å². The van der Waals surface area contributed by atoms with E-state index in [0.29, 0.717) is 0 Å². The van der Waals surface area contributed by atoms with E-state index in [0.717, 1.165) is 0 Å². The van der Waals surface area contributed by atoms with Gasteiger partial charge in [-0.15, -0.1) is 0 Å². The second-order valence-corrected chi connectivity index (χ2v) is 4.72. The van der Waals surface area contributed by atoms with Gasteiger partial charge in [-0.25, -0.2) is 4.39 Å². The van der Waals surface area contributed by atoms with Gasteiger partial charge in [0, 0.05) is 0 Å². The quantitative estimate of drug-likeness (QED) is 0.770. The molecule has 0 heterocycles. The third-order valence-corrected chi connectivity index (χ3v) is 3.69. The number of rotatable bonds is 3. The fourth-order valence-corrected chi connectivity index (χ4v) is 2.10. The maximum atomic E-state index is 13.2. The Morgan fingerprint density at radius 2 is 2.00 bits per heavy atom. The first-order valence-electron chi connectivity index (χ1n) is 4.19. The van der Waals surface area contributed by atoms with Crippen LogP contribution in [0.2, 0.25) is 0 Å². The fourth-order valence-electron chi connectivity index (χ4n) is 0.949. The highest BCUT2D eigenvalue weighted by molar-refractivity contribution is 7.86. The lowest BCUT2D eigenvalue weighted by Gasteiger charge is -2.07. The predicted molar refractivity (Wildman–Crippen MR) is 53.0 cm³/mol. The maximum Gasteiger partial charge on any atom is 0.145 e. The number of Topliss-reactive ketones (excluding diaryl/α,β-unsaturated/α-hetero) is 1. The molecule has 76 valence electrons. The van der Waals surface area contributed by atoms with Gasteiger partial charge in [0.2, 0.25) is 0 Å². The fraction of sp³-hybridized carbons (Fsp3) is 0.300. The lowest BCUT2D eigenvalue weighted by atomic mass is 10.3. The van der Waals surface area contributed by atoms with Crippen molar-refractivity contribution >= 4 is 16.6 Å². The van der Waals surface area contributed by atoms with Crippen molar-refractivity contribution in [2.75, 3.05) is 0 Å². The Bertz CT molecular complexity index is 376. The summed E-state index contributed by atoms with van der Waals surface area (Å²) in [6.07, 6.45) is 0. The van der Waals surface area contributed by atoms with Crippen molar-refractivity contribution in [1.82, 2.24) is 0 Å². The second kappa shape index (κ2) is 4.46. The molecule has 0 spiro atoms. The van der Waals surface area contributed by atoms with E-state index in [-0.39, 0.29) is 10.7 Å². The van der Waals surface area contributed by atoms with Crippen molar-refractivity contribution in [3.63, 3.8) is 0 Å². The summed E-state index contributed by atoms with van der Waals surface area (Å²) in [5, 5.41) is -0.660. The monoisotopic (exact) mass is 214 g/mol. The molecule has 2 atom stereocenters. The second-order valence-electron chi connectivity index (χ2n) is 2.98. The van der Waals surface area contributed by atoms with Gasteiger partial charge in [0.15, 0.2) is 0 Å². The van der Waals surface area contributed by atoms with E-state index < -0.39 is 21.9 Å². The van der Waals surface area contributed by atoms with E-state index in [1.54, 1.807) is 6.07 Å². The molecule has 0 amide bonds. The van der Waals surface area contributed by atoms with E-state index >= 15 is 0 Å². The largest absolute Gasteiger partial charge is 0.299 e. The number of carbonyl (C=O) groups is 1. The zero-order valence-corrected chi connectivity index (χ0v) is 8.81. The Morgan fingerprint density at radius 3 is 2.50 bits per heavy atom. The van der Waals surface area contributed by atoms with Crippen LogP contribution >= 0.6 is 0 Å². The Balaban J connectivity index is 3.01. The van der Waals surface area contributed by atoms with Crippen molar-refractivity contribution in [2.24, 2.45) is 0 Å². The number of ketones is 1. The predicted octanol–water partition coefficient (Wildman–Crippen LogP) is 1.91. The number of carbonyl (C=O) groups excluding carboxylic acids is 1. The van der Waals surface area contributed by atoms with Gasteiger partial charge < -0.3 is 0 Å². The summed E-state index contributed by atoms with van der Waals surface area (Å²) in [5.41, 5.74) is 0. The minimum absolute atomic E-state index is 0.0928. The van der Waals surface area contributed by atoms with E-state index in [4.69, 9.17) is 0 Å². The van der Waals surface area contributed by atoms with Crippen molar-refractivity contribution in [2.45, 2.75) is 24.0 Å². The van der Waals surface area contributed by atoms with Crippen molar-refractivity contribution < 1.29 is 13.4 Å². The SMILES string of the molecule is CC(=O)C(C)S(=O)c1ccccc1F. The normalized spacial score (nSPS) is 14.8. The number of hydrogen-bond acceptors (Lipinski definition) is 2. The summed E-state index contributed by atoms with van der Waals surface area (Å²) < 4.78 is 24.8. The summed E-state index contributed by atoms with van der Waals surface area (Å²) in [6.45, 7) is 2.88. The molecule has 2 nitrogen and oxygen atoms in total. The summed E-state index contributed by atoms with van der Waals surface area (Å²) in [6, 6.07) is 5.79. The maximum absolute atomic E-state index is 13.2. The van der Waals surface area contributed by atoms with Crippen LogP contribution in [-0.2, 0) is 15.6 Å². The third kappa shape index (κ3) is 2.26. The number of benzene rings is 1. The molecule has 0 aliphatic heterocycles. The molecular formula is C10H11FO2S. The molecule has 0 aliphatic rings. The lowest BCUT2D eigenvalue weighted by Crippen LogP contribution is -2.20. The van der Waals surface area contributed by atoms with Gasteiger partial charge in [0.25, 0.3) is 0 Å². The van der Waals surface area contributed by atoms with Crippen LogP contribution < -0.4 is 0 Å². The van der Waals surface area contributed by atoms with Gasteiger partial charge in [-0.05, 0) is 26.0 Å². The molecule has 4 heteroatoms. The topological polar surface area (TPSA) is 34.1 Å². The lowest BCUT2D eigenvalue weighted by molar-refractivity contribution is -0.116. The van der Waals surface area contributed by atoms with Crippen LogP contribution in [0.1, 0.15) is 13.8 Å². The van der Waals surface area contributed by atoms with Gasteiger partial charge in [0.1, 0.15) is 11.6 Å². The smallest absolute Gasteiger partial charge is 0.145 e. The molecular weight excluding hydrogens is 203 g/mol. The third-order valence-electron chi connectivity index (χ3n) is 1.95. The Hall–Kier alpha value is -1.03. The van der Waals surface area contributed by atoms with Crippen LogP contribution in [0.15, 0.2) is 29.2 Å². The van der Waals surface area contributed by atoms with Crippen LogP contribution in [0.25, 0.3) is 0 Å².